The van der Waals surface area contributed by atoms with E-state index in [4.69, 9.17) is 0 Å². The predicted molar refractivity (Wildman–Crippen MR) is 103 cm³/mol. The molecule has 0 saturated carbocycles. The van der Waals surface area contributed by atoms with Gasteiger partial charge in [0.25, 0.3) is 5.56 Å². The summed E-state index contributed by atoms with van der Waals surface area (Å²) >= 11 is 0. The highest BCUT2D eigenvalue weighted by Crippen LogP contribution is 2.22. The molecule has 0 unspecified atom stereocenters. The minimum Gasteiger partial charge on any atom is -0.311 e. The Hall–Kier alpha value is -2.54. The van der Waals surface area contributed by atoms with Crippen LogP contribution in [0.15, 0.2) is 33.9 Å². The molecule has 2 aliphatic rings. The van der Waals surface area contributed by atoms with Gasteiger partial charge in [-0.1, -0.05) is 0 Å². The average molecular weight is 385 g/mol. The lowest BCUT2D eigenvalue weighted by atomic mass is 9.89. The summed E-state index contributed by atoms with van der Waals surface area (Å²) < 4.78 is 14.3. The van der Waals surface area contributed by atoms with Gasteiger partial charge in [0.15, 0.2) is 5.78 Å². The summed E-state index contributed by atoms with van der Waals surface area (Å²) in [5.74, 6) is -0.345. The van der Waals surface area contributed by atoms with E-state index in [0.717, 1.165) is 56.5 Å². The maximum absolute atomic E-state index is 13.0. The molecular formula is C21H24FN3O3. The number of piperidine rings is 1. The topological polar surface area (TPSA) is 75.2 Å². The maximum atomic E-state index is 13.0. The fourth-order valence-corrected chi connectivity index (χ4v) is 4.28. The number of rotatable bonds is 5. The lowest BCUT2D eigenvalue weighted by Crippen LogP contribution is -2.43. The van der Waals surface area contributed by atoms with Crippen LogP contribution in [-0.4, -0.2) is 39.9 Å². The van der Waals surface area contributed by atoms with E-state index >= 15 is 0 Å². The van der Waals surface area contributed by atoms with Crippen LogP contribution in [0.1, 0.15) is 40.9 Å². The Labute approximate surface area is 162 Å². The molecule has 28 heavy (non-hydrogen) atoms. The summed E-state index contributed by atoms with van der Waals surface area (Å²) in [6, 6.07) is 5.70. The molecule has 1 aliphatic carbocycles. The summed E-state index contributed by atoms with van der Waals surface area (Å²) in [7, 11) is 0. The van der Waals surface area contributed by atoms with Gasteiger partial charge >= 0.3 is 5.69 Å². The normalized spacial score (nSPS) is 17.6. The minimum atomic E-state index is -0.344. The zero-order chi connectivity index (χ0) is 19.7. The summed E-state index contributed by atoms with van der Waals surface area (Å²) in [4.78, 5) is 42.3. The number of nitrogens with zero attached hydrogens (tertiary/aromatic N) is 2. The van der Waals surface area contributed by atoms with Crippen molar-refractivity contribution in [3.05, 3.63) is 67.7 Å². The molecule has 148 valence electrons. The van der Waals surface area contributed by atoms with Crippen LogP contribution < -0.4 is 11.2 Å². The van der Waals surface area contributed by atoms with Crippen LogP contribution in [0.4, 0.5) is 4.39 Å². The number of benzene rings is 1. The fraction of sp³-hybridized carbons (Fsp3) is 0.476. The number of hydrogen-bond donors (Lipinski definition) is 1. The van der Waals surface area contributed by atoms with E-state index < -0.39 is 0 Å². The molecule has 1 aromatic heterocycles. The van der Waals surface area contributed by atoms with Gasteiger partial charge in [0.2, 0.25) is 0 Å². The average Bonchev–Trinajstić information content (AvgIpc) is 3.17. The number of nitrogens with one attached hydrogen (secondary N) is 1. The standard InChI is InChI=1S/C21H24FN3O3/c22-16-6-4-14(5-7-16)19(26)15-8-10-24(11-9-15)12-13-25-20(27)17-2-1-3-18(17)23-21(25)28/h4-7,15H,1-3,8-13H2,(H,23,28). The van der Waals surface area contributed by atoms with Gasteiger partial charge in [-0.15, -0.1) is 0 Å². The zero-order valence-electron chi connectivity index (χ0n) is 15.7. The molecule has 0 amide bonds. The van der Waals surface area contributed by atoms with Gasteiger partial charge in [-0.2, -0.15) is 0 Å². The van der Waals surface area contributed by atoms with E-state index in [2.05, 4.69) is 9.88 Å². The Morgan fingerprint density at radius 1 is 1.07 bits per heavy atom. The molecule has 1 aliphatic heterocycles. The van der Waals surface area contributed by atoms with Crippen molar-refractivity contribution in [3.63, 3.8) is 0 Å². The molecule has 2 heterocycles. The largest absolute Gasteiger partial charge is 0.328 e. The van der Waals surface area contributed by atoms with Crippen molar-refractivity contribution >= 4 is 5.78 Å². The van der Waals surface area contributed by atoms with E-state index in [1.54, 1.807) is 0 Å². The van der Waals surface area contributed by atoms with Gasteiger partial charge in [-0.3, -0.25) is 14.2 Å². The number of hydrogen-bond acceptors (Lipinski definition) is 4. The van der Waals surface area contributed by atoms with E-state index in [1.807, 2.05) is 0 Å². The number of carbonyl (C=O) groups excluding carboxylic acids is 1. The summed E-state index contributed by atoms with van der Waals surface area (Å²) in [6.45, 7) is 2.46. The summed E-state index contributed by atoms with van der Waals surface area (Å²) in [6.07, 6.45) is 3.88. The van der Waals surface area contributed by atoms with Crippen LogP contribution >= 0.6 is 0 Å². The summed E-state index contributed by atoms with van der Waals surface area (Å²) in [5, 5.41) is 0. The molecule has 1 fully saturated rings. The molecule has 0 bridgehead atoms. The second-order valence-corrected chi connectivity index (χ2v) is 7.68. The number of aryl methyl sites for hydroxylation is 1. The first-order valence-electron chi connectivity index (χ1n) is 9.90. The number of Topliss-reactive ketones (excluding diaryl/α,β-unsaturated/α-hetero) is 1. The van der Waals surface area contributed by atoms with Crippen LogP contribution in [0, 0.1) is 11.7 Å². The lowest BCUT2D eigenvalue weighted by Gasteiger charge is -2.31. The van der Waals surface area contributed by atoms with Gasteiger partial charge in [-0.05, 0) is 69.5 Å². The van der Waals surface area contributed by atoms with Crippen molar-refractivity contribution in [1.29, 1.82) is 0 Å². The molecule has 2 aromatic rings. The van der Waals surface area contributed by atoms with Crippen molar-refractivity contribution < 1.29 is 9.18 Å². The van der Waals surface area contributed by atoms with Gasteiger partial charge in [-0.25, -0.2) is 9.18 Å². The Kier molecular flexibility index (Phi) is 5.26. The smallest absolute Gasteiger partial charge is 0.311 e. The molecule has 1 N–H and O–H groups in total. The third kappa shape index (κ3) is 3.71. The second kappa shape index (κ2) is 7.83. The number of ketones is 1. The highest BCUT2D eigenvalue weighted by molar-refractivity contribution is 5.97. The highest BCUT2D eigenvalue weighted by Gasteiger charge is 2.26. The van der Waals surface area contributed by atoms with Gasteiger partial charge in [0.05, 0.1) is 0 Å². The van der Waals surface area contributed by atoms with E-state index in [0.29, 0.717) is 18.7 Å². The predicted octanol–water partition coefficient (Wildman–Crippen LogP) is 1.76. The first-order chi connectivity index (χ1) is 13.5. The van der Waals surface area contributed by atoms with E-state index in [-0.39, 0.29) is 28.8 Å². The van der Waals surface area contributed by atoms with Crippen molar-refractivity contribution in [2.45, 2.75) is 38.6 Å². The second-order valence-electron chi connectivity index (χ2n) is 7.68. The fourth-order valence-electron chi connectivity index (χ4n) is 4.28. The minimum absolute atomic E-state index is 0.0611. The molecule has 6 nitrogen and oxygen atoms in total. The molecule has 7 heteroatoms. The summed E-state index contributed by atoms with van der Waals surface area (Å²) in [5.41, 5.74) is 1.62. The number of aromatic nitrogens is 2. The Morgan fingerprint density at radius 3 is 2.50 bits per heavy atom. The Balaban J connectivity index is 1.34. The molecule has 0 atom stereocenters. The van der Waals surface area contributed by atoms with Crippen LogP contribution in [0.3, 0.4) is 0 Å². The van der Waals surface area contributed by atoms with Crippen molar-refractivity contribution in [2.75, 3.05) is 19.6 Å². The van der Waals surface area contributed by atoms with Crippen molar-refractivity contribution in [1.82, 2.24) is 14.5 Å². The van der Waals surface area contributed by atoms with Gasteiger partial charge < -0.3 is 9.88 Å². The van der Waals surface area contributed by atoms with Gasteiger partial charge in [0, 0.05) is 35.8 Å². The quantitative estimate of drug-likeness (QED) is 0.796. The molecule has 4 rings (SSSR count). The van der Waals surface area contributed by atoms with Crippen LogP contribution in [0.25, 0.3) is 0 Å². The maximum Gasteiger partial charge on any atom is 0.328 e. The van der Waals surface area contributed by atoms with Crippen molar-refractivity contribution in [3.8, 4) is 0 Å². The van der Waals surface area contributed by atoms with E-state index in [1.165, 1.54) is 28.8 Å². The molecular weight excluding hydrogens is 361 g/mol. The number of aromatic amines is 1. The molecule has 1 aromatic carbocycles. The number of likely N-dealkylation sites (tertiary alicyclic amines) is 1. The number of carbonyl (C=O) groups is 1. The van der Waals surface area contributed by atoms with Crippen LogP contribution in [-0.2, 0) is 19.4 Å². The van der Waals surface area contributed by atoms with Crippen molar-refractivity contribution in [2.24, 2.45) is 5.92 Å². The number of H-pyrrole nitrogens is 1. The molecule has 0 spiro atoms. The zero-order valence-corrected chi connectivity index (χ0v) is 15.7. The monoisotopic (exact) mass is 385 g/mol. The first kappa shape index (κ1) is 18.8. The SMILES string of the molecule is O=C(c1ccc(F)cc1)C1CCN(CCn2c(=O)[nH]c3c(c2=O)CCC3)CC1. The molecule has 0 radical (unpaired) electrons. The Morgan fingerprint density at radius 2 is 1.79 bits per heavy atom. The highest BCUT2D eigenvalue weighted by atomic mass is 19.1. The third-order valence-corrected chi connectivity index (χ3v) is 5.95. The van der Waals surface area contributed by atoms with Gasteiger partial charge in [0.1, 0.15) is 5.82 Å². The third-order valence-electron chi connectivity index (χ3n) is 5.95. The number of fused-ring (bicyclic) bond motifs is 1. The first-order valence-corrected chi connectivity index (χ1v) is 9.90. The number of halogens is 1. The van der Waals surface area contributed by atoms with Crippen LogP contribution in [0.2, 0.25) is 0 Å². The lowest BCUT2D eigenvalue weighted by molar-refractivity contribution is 0.0837. The van der Waals surface area contributed by atoms with E-state index in [9.17, 15) is 18.8 Å². The molecule has 1 saturated heterocycles. The Bertz CT molecular complexity index is 985. The van der Waals surface area contributed by atoms with Crippen LogP contribution in [0.5, 0.6) is 0 Å².